The van der Waals surface area contributed by atoms with Crippen molar-refractivity contribution in [1.82, 2.24) is 0 Å². The Balaban J connectivity index is 2.12. The topological polar surface area (TPSA) is 39.2 Å². The van der Waals surface area contributed by atoms with Crippen molar-refractivity contribution < 1.29 is 13.2 Å². The quantitative estimate of drug-likeness (QED) is 0.868. The van der Waals surface area contributed by atoms with E-state index < -0.39 is 11.6 Å². The van der Waals surface area contributed by atoms with E-state index in [0.717, 1.165) is 12.1 Å². The van der Waals surface area contributed by atoms with Crippen LogP contribution in [0.15, 0.2) is 41.0 Å². The van der Waals surface area contributed by atoms with Crippen molar-refractivity contribution in [2.45, 2.75) is 12.5 Å². The monoisotopic (exact) mass is 223 g/mol. The Kier molecular flexibility index (Phi) is 3.01. The highest BCUT2D eigenvalue weighted by atomic mass is 19.2. The summed E-state index contributed by atoms with van der Waals surface area (Å²) < 4.78 is 30.7. The van der Waals surface area contributed by atoms with Crippen molar-refractivity contribution in [3.8, 4) is 0 Å². The molecule has 0 aliphatic heterocycles. The predicted octanol–water partition coefficient (Wildman–Crippen LogP) is 2.80. The summed E-state index contributed by atoms with van der Waals surface area (Å²) in [5.74, 6) is -1.08. The van der Waals surface area contributed by atoms with Gasteiger partial charge in [-0.05, 0) is 36.2 Å². The summed E-state index contributed by atoms with van der Waals surface area (Å²) in [6.07, 6.45) is 1.94. The standard InChI is InChI=1S/C12H11F2NO/c13-9-4-3-8(6-10(9)14)7-11(15)12-2-1-5-16-12/h1-6,11H,7,15H2. The molecule has 16 heavy (non-hydrogen) atoms. The van der Waals surface area contributed by atoms with Crippen molar-refractivity contribution in [3.63, 3.8) is 0 Å². The lowest BCUT2D eigenvalue weighted by Crippen LogP contribution is -2.12. The zero-order chi connectivity index (χ0) is 11.5. The van der Waals surface area contributed by atoms with Gasteiger partial charge in [0.15, 0.2) is 11.6 Å². The van der Waals surface area contributed by atoms with Gasteiger partial charge < -0.3 is 10.2 Å². The van der Waals surface area contributed by atoms with Gasteiger partial charge in [-0.3, -0.25) is 0 Å². The van der Waals surface area contributed by atoms with Crippen LogP contribution in [0.4, 0.5) is 8.78 Å². The molecular formula is C12H11F2NO. The van der Waals surface area contributed by atoms with Gasteiger partial charge in [0.25, 0.3) is 0 Å². The molecule has 0 aliphatic rings. The Labute approximate surface area is 91.7 Å². The van der Waals surface area contributed by atoms with Crippen molar-refractivity contribution >= 4 is 0 Å². The lowest BCUT2D eigenvalue weighted by molar-refractivity contribution is 0.463. The SMILES string of the molecule is NC(Cc1ccc(F)c(F)c1)c1ccco1. The first kappa shape index (κ1) is 10.8. The van der Waals surface area contributed by atoms with Crippen LogP contribution in [0.1, 0.15) is 17.4 Å². The molecule has 2 aromatic rings. The van der Waals surface area contributed by atoms with Gasteiger partial charge in [0.2, 0.25) is 0 Å². The van der Waals surface area contributed by atoms with Crippen molar-refractivity contribution in [1.29, 1.82) is 0 Å². The number of hydrogen-bond acceptors (Lipinski definition) is 2. The Morgan fingerprint density at radius 2 is 2.00 bits per heavy atom. The van der Waals surface area contributed by atoms with Gasteiger partial charge in [0, 0.05) is 0 Å². The van der Waals surface area contributed by atoms with E-state index in [0.29, 0.717) is 17.7 Å². The Bertz CT molecular complexity index is 468. The first-order valence-corrected chi connectivity index (χ1v) is 4.89. The predicted molar refractivity (Wildman–Crippen MR) is 55.7 cm³/mol. The maximum Gasteiger partial charge on any atom is 0.159 e. The zero-order valence-electron chi connectivity index (χ0n) is 8.49. The van der Waals surface area contributed by atoms with Crippen LogP contribution in [0.5, 0.6) is 0 Å². The van der Waals surface area contributed by atoms with E-state index in [-0.39, 0.29) is 6.04 Å². The van der Waals surface area contributed by atoms with Crippen LogP contribution in [0.3, 0.4) is 0 Å². The van der Waals surface area contributed by atoms with E-state index in [9.17, 15) is 8.78 Å². The molecule has 1 heterocycles. The smallest absolute Gasteiger partial charge is 0.159 e. The molecule has 0 amide bonds. The highest BCUT2D eigenvalue weighted by Gasteiger charge is 2.11. The normalized spacial score (nSPS) is 12.7. The summed E-state index contributed by atoms with van der Waals surface area (Å²) in [7, 11) is 0. The molecule has 2 nitrogen and oxygen atoms in total. The van der Waals surface area contributed by atoms with Crippen LogP contribution in [0, 0.1) is 11.6 Å². The number of benzene rings is 1. The first-order chi connectivity index (χ1) is 7.66. The fraction of sp³-hybridized carbons (Fsp3) is 0.167. The Hall–Kier alpha value is -1.68. The number of halogens is 2. The third-order valence-electron chi connectivity index (χ3n) is 2.35. The van der Waals surface area contributed by atoms with Gasteiger partial charge >= 0.3 is 0 Å². The summed E-state index contributed by atoms with van der Waals surface area (Å²) >= 11 is 0. The Morgan fingerprint density at radius 1 is 1.19 bits per heavy atom. The second kappa shape index (κ2) is 4.45. The molecule has 0 saturated carbocycles. The van der Waals surface area contributed by atoms with Gasteiger partial charge in [-0.15, -0.1) is 0 Å². The van der Waals surface area contributed by atoms with Crippen molar-refractivity contribution in [2.75, 3.05) is 0 Å². The number of hydrogen-bond donors (Lipinski definition) is 1. The molecule has 0 spiro atoms. The molecular weight excluding hydrogens is 212 g/mol. The van der Waals surface area contributed by atoms with Crippen LogP contribution in [-0.2, 0) is 6.42 Å². The van der Waals surface area contributed by atoms with Gasteiger partial charge in [-0.25, -0.2) is 8.78 Å². The highest BCUT2D eigenvalue weighted by molar-refractivity contribution is 5.20. The average Bonchev–Trinajstić information content (AvgIpc) is 2.77. The largest absolute Gasteiger partial charge is 0.468 e. The molecule has 0 aliphatic carbocycles. The summed E-state index contributed by atoms with van der Waals surface area (Å²) in [5, 5.41) is 0. The van der Waals surface area contributed by atoms with Gasteiger partial charge in [-0.2, -0.15) is 0 Å². The maximum atomic E-state index is 12.9. The fourth-order valence-corrected chi connectivity index (χ4v) is 1.52. The first-order valence-electron chi connectivity index (χ1n) is 4.89. The minimum atomic E-state index is -0.857. The lowest BCUT2D eigenvalue weighted by Gasteiger charge is -2.08. The minimum Gasteiger partial charge on any atom is -0.468 e. The Morgan fingerprint density at radius 3 is 2.62 bits per heavy atom. The summed E-state index contributed by atoms with van der Waals surface area (Å²) in [4.78, 5) is 0. The van der Waals surface area contributed by atoms with Crippen molar-refractivity contribution in [3.05, 3.63) is 59.6 Å². The van der Waals surface area contributed by atoms with Crippen LogP contribution >= 0.6 is 0 Å². The third-order valence-corrected chi connectivity index (χ3v) is 2.35. The van der Waals surface area contributed by atoms with E-state index in [2.05, 4.69) is 0 Å². The summed E-state index contributed by atoms with van der Waals surface area (Å²) in [6.45, 7) is 0. The average molecular weight is 223 g/mol. The van der Waals surface area contributed by atoms with Crippen LogP contribution in [0.2, 0.25) is 0 Å². The number of rotatable bonds is 3. The van der Waals surface area contributed by atoms with Crippen molar-refractivity contribution in [2.24, 2.45) is 5.73 Å². The molecule has 1 aromatic carbocycles. The molecule has 2 N–H and O–H groups in total. The summed E-state index contributed by atoms with van der Waals surface area (Å²) in [5.41, 5.74) is 6.49. The van der Waals surface area contributed by atoms with E-state index >= 15 is 0 Å². The van der Waals surface area contributed by atoms with Gasteiger partial charge in [0.1, 0.15) is 5.76 Å². The van der Waals surface area contributed by atoms with E-state index in [1.165, 1.54) is 12.3 Å². The van der Waals surface area contributed by atoms with E-state index in [1.54, 1.807) is 12.1 Å². The van der Waals surface area contributed by atoms with Gasteiger partial charge in [-0.1, -0.05) is 6.07 Å². The third kappa shape index (κ3) is 2.28. The molecule has 0 bridgehead atoms. The fourth-order valence-electron chi connectivity index (χ4n) is 1.52. The molecule has 1 aromatic heterocycles. The molecule has 4 heteroatoms. The molecule has 0 saturated heterocycles. The maximum absolute atomic E-state index is 12.9. The van der Waals surface area contributed by atoms with Crippen LogP contribution in [0.25, 0.3) is 0 Å². The molecule has 0 fully saturated rings. The van der Waals surface area contributed by atoms with Gasteiger partial charge in [0.05, 0.1) is 12.3 Å². The molecule has 1 unspecified atom stereocenters. The molecule has 0 radical (unpaired) electrons. The summed E-state index contributed by atoms with van der Waals surface area (Å²) in [6, 6.07) is 6.91. The minimum absolute atomic E-state index is 0.347. The molecule has 2 rings (SSSR count). The number of nitrogens with two attached hydrogens (primary N) is 1. The van der Waals surface area contributed by atoms with E-state index in [4.69, 9.17) is 10.2 Å². The number of furan rings is 1. The zero-order valence-corrected chi connectivity index (χ0v) is 8.49. The van der Waals surface area contributed by atoms with Crippen LogP contribution < -0.4 is 5.73 Å². The molecule has 84 valence electrons. The van der Waals surface area contributed by atoms with Crippen LogP contribution in [-0.4, -0.2) is 0 Å². The molecule has 1 atom stereocenters. The lowest BCUT2D eigenvalue weighted by atomic mass is 10.0. The second-order valence-electron chi connectivity index (χ2n) is 3.57. The second-order valence-corrected chi connectivity index (χ2v) is 3.57. The van der Waals surface area contributed by atoms with E-state index in [1.807, 2.05) is 0 Å². The highest BCUT2D eigenvalue weighted by Crippen LogP contribution is 2.17.